The molecule has 2 aliphatic carbocycles. The maximum Gasteiger partial charge on any atom is 0.143 e. The molecule has 1 aromatic heterocycles. The van der Waals surface area contributed by atoms with E-state index in [4.69, 9.17) is 4.42 Å². The normalized spacial score (nSPS) is 12.9. The molecule has 14 rings (SSSR count). The molecule has 0 unspecified atom stereocenters. The van der Waals surface area contributed by atoms with Crippen molar-refractivity contribution in [1.29, 1.82) is 0 Å². The molecule has 0 bridgehead atoms. The molecule has 67 heavy (non-hydrogen) atoms. The van der Waals surface area contributed by atoms with Gasteiger partial charge in [-0.05, 0) is 102 Å². The van der Waals surface area contributed by atoms with Gasteiger partial charge in [0, 0.05) is 21.9 Å². The van der Waals surface area contributed by atoms with Crippen LogP contribution in [0.4, 0.5) is 17.1 Å². The van der Waals surface area contributed by atoms with Gasteiger partial charge in [-0.3, -0.25) is 0 Å². The summed E-state index contributed by atoms with van der Waals surface area (Å²) in [5.74, 6) is 0. The van der Waals surface area contributed by atoms with E-state index in [1.807, 2.05) is 0 Å². The fraction of sp³-hybridized carbons (Fsp3) is 0.0154. The highest BCUT2D eigenvalue weighted by Crippen LogP contribution is 2.65. The van der Waals surface area contributed by atoms with E-state index in [2.05, 4.69) is 254 Å². The number of para-hydroxylation sites is 1. The van der Waals surface area contributed by atoms with Crippen LogP contribution in [0.3, 0.4) is 0 Å². The Morgan fingerprint density at radius 2 is 0.776 bits per heavy atom. The van der Waals surface area contributed by atoms with Crippen LogP contribution >= 0.6 is 0 Å². The summed E-state index contributed by atoms with van der Waals surface area (Å²) in [4.78, 5) is 2.53. The molecule has 1 spiro atoms. The van der Waals surface area contributed by atoms with E-state index in [0.29, 0.717) is 0 Å². The highest BCUT2D eigenvalue weighted by Gasteiger charge is 2.52. The van der Waals surface area contributed by atoms with Gasteiger partial charge in [0.15, 0.2) is 0 Å². The Kier molecular flexibility index (Phi) is 8.23. The van der Waals surface area contributed by atoms with Crippen molar-refractivity contribution in [3.8, 4) is 55.6 Å². The standard InChI is InChI=1S/C65H41NO/c1-3-19-42(20-4-1)43-37-39-45(40-38-43)52-41-53-63-60(35-18-36-61(63)67-64(53)50-27-8-7-24-47(50)52)66(58-33-16-12-23-46(58)44-21-5-2-6-22-44)59-34-17-32-57-62(59)51-28-11-15-31-56(51)65(57)54-29-13-9-25-48(54)49-26-10-14-30-55(49)65/h1-41H. The molecule has 312 valence electrons. The predicted octanol–water partition coefficient (Wildman–Crippen LogP) is 17.6. The second-order valence-corrected chi connectivity index (χ2v) is 17.8. The number of benzene rings is 11. The van der Waals surface area contributed by atoms with Crippen molar-refractivity contribution in [3.05, 3.63) is 271 Å². The van der Waals surface area contributed by atoms with E-state index in [9.17, 15) is 0 Å². The summed E-state index contributed by atoms with van der Waals surface area (Å²) in [6, 6.07) is 91.2. The molecule has 0 atom stereocenters. The van der Waals surface area contributed by atoms with E-state index in [1.165, 1.54) is 61.2 Å². The van der Waals surface area contributed by atoms with Crippen LogP contribution in [0.25, 0.3) is 88.3 Å². The molecule has 2 heteroatoms. The fourth-order valence-corrected chi connectivity index (χ4v) is 11.8. The molecule has 2 nitrogen and oxygen atoms in total. The third kappa shape index (κ3) is 5.39. The number of rotatable bonds is 6. The van der Waals surface area contributed by atoms with Crippen LogP contribution < -0.4 is 4.90 Å². The van der Waals surface area contributed by atoms with Gasteiger partial charge < -0.3 is 9.32 Å². The highest BCUT2D eigenvalue weighted by atomic mass is 16.3. The zero-order valence-electron chi connectivity index (χ0n) is 36.5. The Hall–Kier alpha value is -8.72. The molecule has 2 aliphatic rings. The van der Waals surface area contributed by atoms with Gasteiger partial charge >= 0.3 is 0 Å². The maximum atomic E-state index is 7.09. The lowest BCUT2D eigenvalue weighted by atomic mass is 9.70. The van der Waals surface area contributed by atoms with Crippen LogP contribution in [0.1, 0.15) is 22.3 Å². The Morgan fingerprint density at radius 3 is 1.49 bits per heavy atom. The van der Waals surface area contributed by atoms with Gasteiger partial charge in [0.2, 0.25) is 0 Å². The van der Waals surface area contributed by atoms with Crippen molar-refractivity contribution in [2.45, 2.75) is 5.41 Å². The fourth-order valence-electron chi connectivity index (χ4n) is 11.8. The van der Waals surface area contributed by atoms with Crippen LogP contribution in [0.5, 0.6) is 0 Å². The summed E-state index contributed by atoms with van der Waals surface area (Å²) in [5.41, 5.74) is 21.9. The van der Waals surface area contributed by atoms with Crippen molar-refractivity contribution < 1.29 is 4.42 Å². The Bertz CT molecular complexity index is 3870. The van der Waals surface area contributed by atoms with Crippen LogP contribution in [0.15, 0.2) is 253 Å². The van der Waals surface area contributed by atoms with Crippen LogP contribution in [0.2, 0.25) is 0 Å². The quantitative estimate of drug-likeness (QED) is 0.166. The van der Waals surface area contributed by atoms with Gasteiger partial charge in [-0.25, -0.2) is 0 Å². The molecule has 0 fully saturated rings. The van der Waals surface area contributed by atoms with Crippen molar-refractivity contribution in [3.63, 3.8) is 0 Å². The molecule has 11 aromatic carbocycles. The minimum absolute atomic E-state index is 0.488. The first-order valence-corrected chi connectivity index (χ1v) is 23.2. The average molecular weight is 852 g/mol. The molecule has 12 aromatic rings. The zero-order valence-corrected chi connectivity index (χ0v) is 36.5. The van der Waals surface area contributed by atoms with E-state index in [0.717, 1.165) is 66.5 Å². The summed E-state index contributed by atoms with van der Waals surface area (Å²) in [6.07, 6.45) is 0. The van der Waals surface area contributed by atoms with Gasteiger partial charge in [0.25, 0.3) is 0 Å². The van der Waals surface area contributed by atoms with Crippen LogP contribution in [0, 0.1) is 0 Å². The lowest BCUT2D eigenvalue weighted by Crippen LogP contribution is -2.26. The molecule has 0 amide bonds. The summed E-state index contributed by atoms with van der Waals surface area (Å²) in [5, 5.41) is 4.41. The van der Waals surface area contributed by atoms with Crippen molar-refractivity contribution in [1.82, 2.24) is 0 Å². The van der Waals surface area contributed by atoms with E-state index < -0.39 is 5.41 Å². The topological polar surface area (TPSA) is 16.4 Å². The number of fused-ring (bicyclic) bond motifs is 15. The molecule has 0 N–H and O–H groups in total. The Morgan fingerprint density at radius 1 is 0.299 bits per heavy atom. The first kappa shape index (κ1) is 37.6. The Balaban J connectivity index is 1.08. The second kappa shape index (κ2) is 14.7. The summed E-state index contributed by atoms with van der Waals surface area (Å²) >= 11 is 0. The first-order chi connectivity index (χ1) is 33.3. The summed E-state index contributed by atoms with van der Waals surface area (Å²) in [6.45, 7) is 0. The first-order valence-electron chi connectivity index (χ1n) is 23.2. The lowest BCUT2D eigenvalue weighted by molar-refractivity contribution is 0.672. The van der Waals surface area contributed by atoms with Gasteiger partial charge in [-0.2, -0.15) is 0 Å². The highest BCUT2D eigenvalue weighted by molar-refractivity contribution is 6.23. The number of anilines is 3. The zero-order chi connectivity index (χ0) is 44.1. The van der Waals surface area contributed by atoms with Crippen LogP contribution in [-0.4, -0.2) is 0 Å². The molecule has 0 saturated heterocycles. The largest absolute Gasteiger partial charge is 0.455 e. The van der Waals surface area contributed by atoms with Crippen molar-refractivity contribution >= 4 is 49.8 Å². The van der Waals surface area contributed by atoms with Gasteiger partial charge in [-0.15, -0.1) is 0 Å². The van der Waals surface area contributed by atoms with Gasteiger partial charge in [-0.1, -0.05) is 218 Å². The number of furan rings is 1. The second-order valence-electron chi connectivity index (χ2n) is 17.8. The lowest BCUT2D eigenvalue weighted by Gasteiger charge is -2.32. The molecule has 0 radical (unpaired) electrons. The average Bonchev–Trinajstić information content (AvgIpc) is 4.04. The van der Waals surface area contributed by atoms with Gasteiger partial charge in [0.05, 0.1) is 27.9 Å². The SMILES string of the molecule is c1ccc(-c2ccc(-c3cc4c(oc5cccc(N(c6ccccc6-c6ccccc6)c6cccc7c6-c6ccccc6C76c7ccccc7-c7ccccc76)c54)c4ccccc34)cc2)cc1. The number of hydrogen-bond acceptors (Lipinski definition) is 2. The summed E-state index contributed by atoms with van der Waals surface area (Å²) in [7, 11) is 0. The predicted molar refractivity (Wildman–Crippen MR) is 279 cm³/mol. The number of nitrogens with zero attached hydrogens (tertiary/aromatic N) is 1. The summed E-state index contributed by atoms with van der Waals surface area (Å²) < 4.78 is 7.09. The van der Waals surface area contributed by atoms with E-state index in [1.54, 1.807) is 0 Å². The van der Waals surface area contributed by atoms with Gasteiger partial charge in [0.1, 0.15) is 11.2 Å². The smallest absolute Gasteiger partial charge is 0.143 e. The molecular formula is C65H41NO. The van der Waals surface area contributed by atoms with E-state index in [-0.39, 0.29) is 0 Å². The third-order valence-corrected chi connectivity index (χ3v) is 14.5. The minimum atomic E-state index is -0.488. The van der Waals surface area contributed by atoms with E-state index >= 15 is 0 Å². The maximum absolute atomic E-state index is 7.09. The number of hydrogen-bond donors (Lipinski definition) is 0. The van der Waals surface area contributed by atoms with Crippen molar-refractivity contribution in [2.75, 3.05) is 4.90 Å². The molecular weight excluding hydrogens is 811 g/mol. The molecule has 0 saturated carbocycles. The third-order valence-electron chi connectivity index (χ3n) is 14.5. The van der Waals surface area contributed by atoms with Crippen molar-refractivity contribution in [2.24, 2.45) is 0 Å². The molecule has 0 aliphatic heterocycles. The minimum Gasteiger partial charge on any atom is -0.455 e. The Labute approximate surface area is 389 Å². The monoisotopic (exact) mass is 851 g/mol. The molecule has 1 heterocycles. The van der Waals surface area contributed by atoms with Crippen LogP contribution in [-0.2, 0) is 5.41 Å².